The molecule has 0 aliphatic carbocycles. The van der Waals surface area contributed by atoms with Crippen LogP contribution in [-0.2, 0) is 4.79 Å². The Kier molecular flexibility index (Phi) is 2.67. The predicted octanol–water partition coefficient (Wildman–Crippen LogP) is 3.60. The molecule has 0 N–H and O–H groups in total. The maximum atomic E-state index is 13.1. The lowest BCUT2D eigenvalue weighted by Crippen LogP contribution is -1.78. The summed E-state index contributed by atoms with van der Waals surface area (Å²) in [6.07, 6.45) is 1.46. The van der Waals surface area contributed by atoms with Gasteiger partial charge in [-0.25, -0.2) is 14.2 Å². The van der Waals surface area contributed by atoms with Crippen molar-refractivity contribution in [1.29, 1.82) is 0 Å². The fraction of sp³-hybridized carbons (Fsp3) is 0. The Morgan fingerprint density at radius 1 is 1.21 bits per heavy atom. The van der Waals surface area contributed by atoms with E-state index in [1.165, 1.54) is 18.2 Å². The van der Waals surface area contributed by atoms with E-state index < -0.39 is 0 Å². The molecule has 3 aromatic rings. The number of carbonyl (C=O) groups excluding carboxylic acids is 1. The highest BCUT2D eigenvalue weighted by atomic mass is 19.1. The molecule has 1 heterocycles. The molecule has 0 aliphatic rings. The molecule has 0 radical (unpaired) electrons. The second kappa shape index (κ2) is 4.48. The van der Waals surface area contributed by atoms with Crippen molar-refractivity contribution in [2.45, 2.75) is 0 Å². The van der Waals surface area contributed by atoms with Crippen LogP contribution in [0.25, 0.3) is 22.6 Å². The molecular formula is C14H7FN2O2. The summed E-state index contributed by atoms with van der Waals surface area (Å²) in [6, 6.07) is 10.9. The van der Waals surface area contributed by atoms with E-state index >= 15 is 0 Å². The minimum atomic E-state index is -0.356. The van der Waals surface area contributed by atoms with Gasteiger partial charge in [0, 0.05) is 5.56 Å². The third-order valence-electron chi connectivity index (χ3n) is 2.62. The average molecular weight is 254 g/mol. The number of hydrogen-bond acceptors (Lipinski definition) is 4. The summed E-state index contributed by atoms with van der Waals surface area (Å²) in [5.41, 5.74) is 2.10. The molecule has 0 atom stereocenters. The minimum Gasteiger partial charge on any atom is -0.436 e. The van der Waals surface area contributed by atoms with Gasteiger partial charge in [-0.1, -0.05) is 6.07 Å². The van der Waals surface area contributed by atoms with Gasteiger partial charge in [-0.2, -0.15) is 4.99 Å². The Labute approximate surface area is 107 Å². The number of aliphatic imine (C=N–C) groups is 1. The van der Waals surface area contributed by atoms with Gasteiger partial charge in [0.25, 0.3) is 0 Å². The lowest BCUT2D eigenvalue weighted by Gasteiger charge is -1.93. The Morgan fingerprint density at radius 3 is 2.89 bits per heavy atom. The topological polar surface area (TPSA) is 55.5 Å². The van der Waals surface area contributed by atoms with Crippen LogP contribution in [0.2, 0.25) is 0 Å². The van der Waals surface area contributed by atoms with Crippen LogP contribution in [0.15, 0.2) is 51.9 Å². The highest BCUT2D eigenvalue weighted by Crippen LogP contribution is 2.27. The molecule has 0 saturated carbocycles. The summed E-state index contributed by atoms with van der Waals surface area (Å²) in [6.45, 7) is 0. The molecule has 19 heavy (non-hydrogen) atoms. The minimum absolute atomic E-state index is 0.321. The molecule has 0 spiro atoms. The second-order valence-corrected chi connectivity index (χ2v) is 3.88. The van der Waals surface area contributed by atoms with Crippen molar-refractivity contribution in [2.75, 3.05) is 0 Å². The van der Waals surface area contributed by atoms with Gasteiger partial charge in [-0.15, -0.1) is 0 Å². The van der Waals surface area contributed by atoms with E-state index in [1.807, 2.05) is 0 Å². The average Bonchev–Trinajstić information content (AvgIpc) is 2.82. The summed E-state index contributed by atoms with van der Waals surface area (Å²) < 4.78 is 18.7. The number of nitrogens with zero attached hydrogens (tertiary/aromatic N) is 2. The maximum Gasteiger partial charge on any atom is 0.240 e. The molecule has 0 unspecified atom stereocenters. The molecule has 0 saturated heterocycles. The molecular weight excluding hydrogens is 247 g/mol. The fourth-order valence-electron chi connectivity index (χ4n) is 1.78. The van der Waals surface area contributed by atoms with Gasteiger partial charge in [0.15, 0.2) is 5.58 Å². The van der Waals surface area contributed by atoms with Gasteiger partial charge in [0.1, 0.15) is 11.3 Å². The van der Waals surface area contributed by atoms with Crippen molar-refractivity contribution in [3.63, 3.8) is 0 Å². The number of fused-ring (bicyclic) bond motifs is 1. The standard InChI is InChI=1S/C14H7FN2O2/c15-10-3-1-2-9(6-10)14-17-12-7-11(16-8-18)4-5-13(12)19-14/h1-7H. The predicted molar refractivity (Wildman–Crippen MR) is 67.2 cm³/mol. The zero-order valence-corrected chi connectivity index (χ0v) is 9.63. The third kappa shape index (κ3) is 2.14. The molecule has 5 heteroatoms. The zero-order valence-electron chi connectivity index (χ0n) is 9.63. The molecule has 4 nitrogen and oxygen atoms in total. The van der Waals surface area contributed by atoms with Gasteiger partial charge >= 0.3 is 0 Å². The summed E-state index contributed by atoms with van der Waals surface area (Å²) in [4.78, 5) is 17.9. The van der Waals surface area contributed by atoms with E-state index in [4.69, 9.17) is 4.42 Å². The van der Waals surface area contributed by atoms with Crippen molar-refractivity contribution in [2.24, 2.45) is 4.99 Å². The van der Waals surface area contributed by atoms with E-state index in [0.29, 0.717) is 28.2 Å². The van der Waals surface area contributed by atoms with Crippen molar-refractivity contribution in [3.8, 4) is 11.5 Å². The van der Waals surface area contributed by atoms with Crippen LogP contribution in [0.5, 0.6) is 0 Å². The molecule has 0 amide bonds. The number of aromatic nitrogens is 1. The fourth-order valence-corrected chi connectivity index (χ4v) is 1.78. The first kappa shape index (κ1) is 11.3. The van der Waals surface area contributed by atoms with Crippen molar-refractivity contribution in [3.05, 3.63) is 48.3 Å². The van der Waals surface area contributed by atoms with Gasteiger partial charge in [-0.3, -0.25) is 0 Å². The van der Waals surface area contributed by atoms with Crippen LogP contribution in [0.1, 0.15) is 0 Å². The monoisotopic (exact) mass is 254 g/mol. The van der Waals surface area contributed by atoms with Crippen molar-refractivity contribution < 1.29 is 13.6 Å². The van der Waals surface area contributed by atoms with Crippen LogP contribution < -0.4 is 0 Å². The largest absolute Gasteiger partial charge is 0.436 e. The molecule has 0 bridgehead atoms. The van der Waals surface area contributed by atoms with E-state index in [2.05, 4.69) is 9.98 Å². The van der Waals surface area contributed by atoms with Gasteiger partial charge < -0.3 is 4.42 Å². The first-order valence-corrected chi connectivity index (χ1v) is 5.51. The van der Waals surface area contributed by atoms with Gasteiger partial charge in [0.05, 0.1) is 5.69 Å². The van der Waals surface area contributed by atoms with Crippen molar-refractivity contribution in [1.82, 2.24) is 4.98 Å². The SMILES string of the molecule is O=C=Nc1ccc2oc(-c3cccc(F)c3)nc2c1. The summed E-state index contributed by atoms with van der Waals surface area (Å²) in [5.74, 6) is -0.0345. The highest BCUT2D eigenvalue weighted by Gasteiger charge is 2.09. The summed E-state index contributed by atoms with van der Waals surface area (Å²) >= 11 is 0. The van der Waals surface area contributed by atoms with Crippen LogP contribution in [0.4, 0.5) is 10.1 Å². The van der Waals surface area contributed by atoms with Gasteiger partial charge in [-0.05, 0) is 36.4 Å². The number of isocyanates is 1. The quantitative estimate of drug-likeness (QED) is 0.518. The number of oxazole rings is 1. The van der Waals surface area contributed by atoms with Crippen LogP contribution in [0, 0.1) is 5.82 Å². The van der Waals surface area contributed by atoms with Gasteiger partial charge in [0.2, 0.25) is 12.0 Å². The molecule has 2 aromatic carbocycles. The van der Waals surface area contributed by atoms with Crippen molar-refractivity contribution >= 4 is 22.9 Å². The summed E-state index contributed by atoms with van der Waals surface area (Å²) in [7, 11) is 0. The molecule has 0 fully saturated rings. The smallest absolute Gasteiger partial charge is 0.240 e. The van der Waals surface area contributed by atoms with E-state index in [9.17, 15) is 9.18 Å². The Hall–Kier alpha value is -2.78. The van der Waals surface area contributed by atoms with E-state index in [1.54, 1.807) is 30.3 Å². The first-order chi connectivity index (χ1) is 9.26. The highest BCUT2D eigenvalue weighted by molar-refractivity contribution is 5.79. The summed E-state index contributed by atoms with van der Waals surface area (Å²) in [5, 5.41) is 0. The van der Waals surface area contributed by atoms with Crippen LogP contribution in [-0.4, -0.2) is 11.1 Å². The molecule has 0 aliphatic heterocycles. The Morgan fingerprint density at radius 2 is 2.11 bits per heavy atom. The van der Waals surface area contributed by atoms with Crippen LogP contribution >= 0.6 is 0 Å². The number of halogens is 1. The lowest BCUT2D eigenvalue weighted by atomic mass is 10.2. The number of rotatable bonds is 2. The maximum absolute atomic E-state index is 13.1. The number of hydrogen-bond donors (Lipinski definition) is 0. The third-order valence-corrected chi connectivity index (χ3v) is 2.62. The Balaban J connectivity index is 2.13. The van der Waals surface area contributed by atoms with E-state index in [-0.39, 0.29) is 5.82 Å². The lowest BCUT2D eigenvalue weighted by molar-refractivity contribution is 0.565. The van der Waals surface area contributed by atoms with Crippen LogP contribution in [0.3, 0.4) is 0 Å². The molecule has 92 valence electrons. The second-order valence-electron chi connectivity index (χ2n) is 3.88. The first-order valence-electron chi connectivity index (χ1n) is 5.51. The van der Waals surface area contributed by atoms with E-state index in [0.717, 1.165) is 0 Å². The Bertz CT molecular complexity index is 804. The zero-order chi connectivity index (χ0) is 13.2. The molecule has 1 aromatic heterocycles. The normalized spacial score (nSPS) is 10.4. The number of benzene rings is 2. The molecule has 3 rings (SSSR count).